The molecule has 2 heteroatoms. The topological polar surface area (TPSA) is 29.5 Å². The molecule has 0 atom stereocenters. The monoisotopic (exact) mass is 338 g/mol. The number of unbranched alkanes of at least 4 members (excludes halogenated alkanes) is 6. The third-order valence-corrected chi connectivity index (χ3v) is 5.18. The van der Waals surface area contributed by atoms with Gasteiger partial charge in [-0.25, -0.2) is 0 Å². The van der Waals surface area contributed by atoms with E-state index in [1.54, 1.807) is 6.07 Å². The van der Waals surface area contributed by atoms with Crippen molar-refractivity contribution in [3.8, 4) is 22.6 Å². The first-order valence-corrected chi connectivity index (χ1v) is 9.86. The van der Waals surface area contributed by atoms with Crippen molar-refractivity contribution in [3.05, 3.63) is 47.5 Å². The molecule has 2 aromatic carbocycles. The van der Waals surface area contributed by atoms with Crippen LogP contribution >= 0.6 is 0 Å². The third kappa shape index (κ3) is 4.56. The van der Waals surface area contributed by atoms with Crippen molar-refractivity contribution in [2.75, 3.05) is 6.61 Å². The van der Waals surface area contributed by atoms with Crippen molar-refractivity contribution in [2.24, 2.45) is 0 Å². The first kappa shape index (κ1) is 17.8. The molecule has 0 spiro atoms. The molecular formula is C23H30O2. The first-order chi connectivity index (χ1) is 12.3. The molecule has 25 heavy (non-hydrogen) atoms. The lowest BCUT2D eigenvalue weighted by molar-refractivity contribution is 0.304. The Morgan fingerprint density at radius 1 is 0.880 bits per heavy atom. The Morgan fingerprint density at radius 3 is 2.52 bits per heavy atom. The second-order valence-corrected chi connectivity index (χ2v) is 7.09. The van der Waals surface area contributed by atoms with E-state index < -0.39 is 0 Å². The van der Waals surface area contributed by atoms with Crippen molar-refractivity contribution < 1.29 is 9.84 Å². The van der Waals surface area contributed by atoms with Crippen LogP contribution in [0, 0.1) is 0 Å². The fourth-order valence-electron chi connectivity index (χ4n) is 3.73. The molecule has 0 fully saturated rings. The number of rotatable bonds is 9. The molecule has 0 aromatic heterocycles. The van der Waals surface area contributed by atoms with Crippen molar-refractivity contribution in [2.45, 2.75) is 64.7 Å². The molecule has 0 saturated carbocycles. The predicted octanol–water partition coefficient (Wildman–Crippen LogP) is 6.29. The molecule has 3 rings (SSSR count). The van der Waals surface area contributed by atoms with Crippen LogP contribution in [0.15, 0.2) is 36.4 Å². The van der Waals surface area contributed by atoms with E-state index in [1.807, 2.05) is 6.07 Å². The number of aryl methyl sites for hydroxylation is 1. The Bertz CT molecular complexity index is 690. The molecule has 2 nitrogen and oxygen atoms in total. The first-order valence-electron chi connectivity index (χ1n) is 9.86. The zero-order chi connectivity index (χ0) is 17.5. The van der Waals surface area contributed by atoms with E-state index in [1.165, 1.54) is 55.2 Å². The van der Waals surface area contributed by atoms with Crippen LogP contribution in [0.1, 0.15) is 63.0 Å². The van der Waals surface area contributed by atoms with Gasteiger partial charge >= 0.3 is 0 Å². The van der Waals surface area contributed by atoms with Gasteiger partial charge in [-0.2, -0.15) is 0 Å². The second-order valence-electron chi connectivity index (χ2n) is 7.09. The van der Waals surface area contributed by atoms with Crippen LogP contribution in [0.2, 0.25) is 0 Å². The Kier molecular flexibility index (Phi) is 6.38. The van der Waals surface area contributed by atoms with Gasteiger partial charge in [0.2, 0.25) is 0 Å². The van der Waals surface area contributed by atoms with Gasteiger partial charge < -0.3 is 9.84 Å². The van der Waals surface area contributed by atoms with E-state index in [9.17, 15) is 5.11 Å². The number of hydrogen-bond donors (Lipinski definition) is 1. The summed E-state index contributed by atoms with van der Waals surface area (Å²) in [5.74, 6) is 1.40. The highest BCUT2D eigenvalue weighted by atomic mass is 16.5. The van der Waals surface area contributed by atoms with Crippen molar-refractivity contribution in [1.29, 1.82) is 0 Å². The van der Waals surface area contributed by atoms with Crippen molar-refractivity contribution in [3.63, 3.8) is 0 Å². The van der Waals surface area contributed by atoms with Gasteiger partial charge in [0.1, 0.15) is 11.5 Å². The molecule has 0 bridgehead atoms. The van der Waals surface area contributed by atoms with E-state index in [-0.39, 0.29) is 0 Å². The van der Waals surface area contributed by atoms with E-state index in [2.05, 4.69) is 31.2 Å². The zero-order valence-electron chi connectivity index (χ0n) is 15.4. The predicted molar refractivity (Wildman–Crippen MR) is 104 cm³/mol. The summed E-state index contributed by atoms with van der Waals surface area (Å²) in [5.41, 5.74) is 4.81. The number of fused-ring (bicyclic) bond motifs is 3. The summed E-state index contributed by atoms with van der Waals surface area (Å²) < 4.78 is 5.96. The minimum Gasteiger partial charge on any atom is -0.508 e. The SMILES string of the molecule is CCCCCCCCCOc1ccc2c(c1)CCc1c(O)cccc1-2. The molecule has 0 saturated heterocycles. The Balaban J connectivity index is 1.51. The van der Waals surface area contributed by atoms with Crippen LogP contribution in [0.25, 0.3) is 11.1 Å². The maximum Gasteiger partial charge on any atom is 0.119 e. The average Bonchev–Trinajstić information content (AvgIpc) is 2.64. The summed E-state index contributed by atoms with van der Waals surface area (Å²) in [6, 6.07) is 12.2. The molecule has 2 aromatic rings. The lowest BCUT2D eigenvalue weighted by Gasteiger charge is -2.21. The van der Waals surface area contributed by atoms with Crippen molar-refractivity contribution >= 4 is 0 Å². The molecule has 0 amide bonds. The minimum absolute atomic E-state index is 0.419. The molecule has 1 aliphatic rings. The van der Waals surface area contributed by atoms with Crippen LogP contribution < -0.4 is 4.74 Å². The molecule has 1 aliphatic carbocycles. The number of ether oxygens (including phenoxy) is 1. The van der Waals surface area contributed by atoms with Gasteiger partial charge in [0.05, 0.1) is 6.61 Å². The largest absolute Gasteiger partial charge is 0.508 e. The van der Waals surface area contributed by atoms with Crippen LogP contribution in [0.3, 0.4) is 0 Å². The van der Waals surface area contributed by atoms with E-state index in [0.29, 0.717) is 5.75 Å². The highest BCUT2D eigenvalue weighted by Gasteiger charge is 2.18. The summed E-state index contributed by atoms with van der Waals surface area (Å²) in [6.07, 6.45) is 11.0. The van der Waals surface area contributed by atoms with Gasteiger partial charge in [0.15, 0.2) is 0 Å². The maximum absolute atomic E-state index is 10.0. The van der Waals surface area contributed by atoms with E-state index in [0.717, 1.165) is 37.2 Å². The maximum atomic E-state index is 10.0. The van der Waals surface area contributed by atoms with Gasteiger partial charge in [-0.05, 0) is 54.2 Å². The van der Waals surface area contributed by atoms with Crippen LogP contribution in [0.4, 0.5) is 0 Å². The van der Waals surface area contributed by atoms with E-state index in [4.69, 9.17) is 4.74 Å². The quantitative estimate of drug-likeness (QED) is 0.545. The Morgan fingerprint density at radius 2 is 1.68 bits per heavy atom. The summed E-state index contributed by atoms with van der Waals surface area (Å²) in [4.78, 5) is 0. The van der Waals surface area contributed by atoms with E-state index >= 15 is 0 Å². The highest BCUT2D eigenvalue weighted by Crippen LogP contribution is 2.38. The number of phenolic OH excluding ortho intramolecular Hbond substituents is 1. The number of hydrogen-bond acceptors (Lipinski definition) is 2. The third-order valence-electron chi connectivity index (χ3n) is 5.18. The lowest BCUT2D eigenvalue weighted by atomic mass is 9.85. The molecule has 134 valence electrons. The smallest absolute Gasteiger partial charge is 0.119 e. The van der Waals surface area contributed by atoms with Gasteiger partial charge in [-0.1, -0.05) is 63.6 Å². The van der Waals surface area contributed by atoms with Gasteiger partial charge in [0, 0.05) is 5.56 Å². The highest BCUT2D eigenvalue weighted by molar-refractivity contribution is 5.75. The number of aromatic hydroxyl groups is 1. The Labute approximate surface area is 151 Å². The van der Waals surface area contributed by atoms with Crippen molar-refractivity contribution in [1.82, 2.24) is 0 Å². The van der Waals surface area contributed by atoms with Crippen LogP contribution in [-0.2, 0) is 12.8 Å². The van der Waals surface area contributed by atoms with Gasteiger partial charge in [0.25, 0.3) is 0 Å². The Hall–Kier alpha value is -1.96. The average molecular weight is 338 g/mol. The minimum atomic E-state index is 0.419. The summed E-state index contributed by atoms with van der Waals surface area (Å²) >= 11 is 0. The number of benzene rings is 2. The summed E-state index contributed by atoms with van der Waals surface area (Å²) in [6.45, 7) is 3.07. The fraction of sp³-hybridized carbons (Fsp3) is 0.478. The molecule has 0 heterocycles. The lowest BCUT2D eigenvalue weighted by Crippen LogP contribution is -2.05. The van der Waals surface area contributed by atoms with Crippen LogP contribution in [-0.4, -0.2) is 11.7 Å². The molecule has 1 N–H and O–H groups in total. The molecule has 0 unspecified atom stereocenters. The van der Waals surface area contributed by atoms with Gasteiger partial charge in [-0.15, -0.1) is 0 Å². The number of phenols is 1. The summed E-state index contributed by atoms with van der Waals surface area (Å²) in [7, 11) is 0. The van der Waals surface area contributed by atoms with Crippen LogP contribution in [0.5, 0.6) is 11.5 Å². The summed E-state index contributed by atoms with van der Waals surface area (Å²) in [5, 5.41) is 10.0. The second kappa shape index (κ2) is 8.94. The standard InChI is InChI=1S/C23H30O2/c1-2-3-4-5-6-7-8-16-25-19-13-15-20-18(17-19)12-14-22-21(20)10-9-11-23(22)24/h9-11,13,15,17,24H,2-8,12,14,16H2,1H3. The normalized spacial score (nSPS) is 12.5. The molecular weight excluding hydrogens is 308 g/mol. The zero-order valence-corrected chi connectivity index (χ0v) is 15.4. The molecule has 0 radical (unpaired) electrons. The molecule has 0 aliphatic heterocycles. The fourth-order valence-corrected chi connectivity index (χ4v) is 3.73. The van der Waals surface area contributed by atoms with Gasteiger partial charge in [-0.3, -0.25) is 0 Å².